The van der Waals surface area contributed by atoms with E-state index in [2.05, 4.69) is 19.2 Å². The summed E-state index contributed by atoms with van der Waals surface area (Å²) in [5.41, 5.74) is 0. The Morgan fingerprint density at radius 3 is 2.30 bits per heavy atom. The van der Waals surface area contributed by atoms with Crippen molar-refractivity contribution < 1.29 is 12.8 Å². The second-order valence-corrected chi connectivity index (χ2v) is 8.25. The van der Waals surface area contributed by atoms with Gasteiger partial charge in [-0.2, -0.15) is 4.31 Å². The summed E-state index contributed by atoms with van der Waals surface area (Å²) in [6.45, 7) is 6.82. The van der Waals surface area contributed by atoms with Crippen LogP contribution in [0.15, 0.2) is 29.2 Å². The Bertz CT molecular complexity index is 639. The molecule has 1 heterocycles. The lowest BCUT2D eigenvalue weighted by Gasteiger charge is -2.35. The first-order valence-corrected chi connectivity index (χ1v) is 9.44. The van der Waals surface area contributed by atoms with Crippen molar-refractivity contribution in [1.82, 2.24) is 14.5 Å². The monoisotopic (exact) mass is 359 g/mol. The average molecular weight is 359 g/mol. The highest BCUT2D eigenvalue weighted by molar-refractivity contribution is 7.89. The fourth-order valence-corrected chi connectivity index (χ4v) is 3.98. The number of hydrogen-bond donors (Lipinski definition) is 1. The highest BCUT2D eigenvalue weighted by Gasteiger charge is 2.29. The van der Waals surface area contributed by atoms with E-state index in [0.717, 1.165) is 18.7 Å². The van der Waals surface area contributed by atoms with Crippen molar-refractivity contribution >= 4 is 27.4 Å². The number of rotatable bonds is 4. The van der Waals surface area contributed by atoms with Crippen LogP contribution in [0.4, 0.5) is 4.39 Å². The number of piperazine rings is 1. The Balaban J connectivity index is 1.95. The molecule has 0 radical (unpaired) electrons. The van der Waals surface area contributed by atoms with Gasteiger partial charge in [0.1, 0.15) is 5.82 Å². The largest absolute Gasteiger partial charge is 0.362 e. The van der Waals surface area contributed by atoms with Gasteiger partial charge in [-0.1, -0.05) is 13.8 Å². The molecular formula is C15H22FN3O2S2. The standard InChI is InChI=1S/C15H22FN3O2S2/c1-12(2)11-17-15(22)18-7-9-19(10-8-18)23(20,21)14-5-3-13(16)4-6-14/h3-6,12H,7-11H2,1-2H3,(H,17,22). The molecule has 5 nitrogen and oxygen atoms in total. The quantitative estimate of drug-likeness (QED) is 0.829. The lowest BCUT2D eigenvalue weighted by molar-refractivity contribution is 0.263. The maximum Gasteiger partial charge on any atom is 0.243 e. The van der Waals surface area contributed by atoms with Crippen molar-refractivity contribution in [3.8, 4) is 0 Å². The lowest BCUT2D eigenvalue weighted by atomic mass is 10.2. The summed E-state index contributed by atoms with van der Waals surface area (Å²) < 4.78 is 39.4. The first-order chi connectivity index (χ1) is 10.8. The Morgan fingerprint density at radius 1 is 1.22 bits per heavy atom. The van der Waals surface area contributed by atoms with E-state index in [9.17, 15) is 12.8 Å². The average Bonchev–Trinajstić information content (AvgIpc) is 2.53. The minimum atomic E-state index is -3.58. The zero-order chi connectivity index (χ0) is 17.0. The molecule has 1 fully saturated rings. The fraction of sp³-hybridized carbons (Fsp3) is 0.533. The minimum Gasteiger partial charge on any atom is -0.362 e. The molecule has 0 aliphatic carbocycles. The molecule has 1 aromatic carbocycles. The molecule has 2 rings (SSSR count). The van der Waals surface area contributed by atoms with Gasteiger partial charge in [-0.3, -0.25) is 0 Å². The third kappa shape index (κ3) is 4.62. The molecule has 0 spiro atoms. The van der Waals surface area contributed by atoms with Crippen molar-refractivity contribution in [3.05, 3.63) is 30.1 Å². The van der Waals surface area contributed by atoms with Gasteiger partial charge in [0.2, 0.25) is 10.0 Å². The first kappa shape index (κ1) is 18.1. The number of nitrogens with zero attached hydrogens (tertiary/aromatic N) is 2. The molecule has 23 heavy (non-hydrogen) atoms. The predicted molar refractivity (Wildman–Crippen MR) is 92.2 cm³/mol. The van der Waals surface area contributed by atoms with Crippen LogP contribution < -0.4 is 5.32 Å². The summed E-state index contributed by atoms with van der Waals surface area (Å²) in [7, 11) is -3.58. The Kier molecular flexibility index (Phi) is 5.94. The number of sulfonamides is 1. The van der Waals surface area contributed by atoms with Gasteiger partial charge >= 0.3 is 0 Å². The van der Waals surface area contributed by atoms with Gasteiger partial charge < -0.3 is 10.2 Å². The fourth-order valence-electron chi connectivity index (χ4n) is 2.29. The van der Waals surface area contributed by atoms with Crippen molar-refractivity contribution in [2.24, 2.45) is 5.92 Å². The summed E-state index contributed by atoms with van der Waals surface area (Å²) >= 11 is 5.34. The van der Waals surface area contributed by atoms with E-state index in [1.54, 1.807) is 0 Å². The lowest BCUT2D eigenvalue weighted by Crippen LogP contribution is -2.53. The molecule has 0 saturated carbocycles. The topological polar surface area (TPSA) is 52.6 Å². The van der Waals surface area contributed by atoms with Crippen molar-refractivity contribution in [2.45, 2.75) is 18.7 Å². The van der Waals surface area contributed by atoms with Crippen LogP contribution in [-0.2, 0) is 10.0 Å². The molecule has 1 aliphatic rings. The van der Waals surface area contributed by atoms with Crippen molar-refractivity contribution in [2.75, 3.05) is 32.7 Å². The molecule has 1 saturated heterocycles. The van der Waals surface area contributed by atoms with Gasteiger partial charge in [-0.15, -0.1) is 0 Å². The molecule has 1 aromatic rings. The van der Waals surface area contributed by atoms with Crippen LogP contribution in [0.1, 0.15) is 13.8 Å². The van der Waals surface area contributed by atoms with Gasteiger partial charge in [0.15, 0.2) is 5.11 Å². The Morgan fingerprint density at radius 2 is 1.78 bits per heavy atom. The zero-order valence-electron chi connectivity index (χ0n) is 13.3. The van der Waals surface area contributed by atoms with E-state index in [1.165, 1.54) is 16.4 Å². The highest BCUT2D eigenvalue weighted by atomic mass is 32.2. The number of benzene rings is 1. The second kappa shape index (κ2) is 7.55. The Labute approximate surface area is 142 Å². The highest BCUT2D eigenvalue weighted by Crippen LogP contribution is 2.18. The molecule has 1 aliphatic heterocycles. The second-order valence-electron chi connectivity index (χ2n) is 5.92. The molecule has 0 aromatic heterocycles. The van der Waals surface area contributed by atoms with Crippen LogP contribution in [0.2, 0.25) is 0 Å². The third-order valence-electron chi connectivity index (χ3n) is 3.64. The van der Waals surface area contributed by atoms with Crippen LogP contribution in [-0.4, -0.2) is 55.5 Å². The van der Waals surface area contributed by atoms with E-state index in [0.29, 0.717) is 37.2 Å². The van der Waals surface area contributed by atoms with Gasteiger partial charge in [0.25, 0.3) is 0 Å². The zero-order valence-corrected chi connectivity index (χ0v) is 15.0. The Hall–Kier alpha value is -1.25. The van der Waals surface area contributed by atoms with Crippen LogP contribution in [0, 0.1) is 11.7 Å². The van der Waals surface area contributed by atoms with Crippen molar-refractivity contribution in [3.63, 3.8) is 0 Å². The van der Waals surface area contributed by atoms with Crippen LogP contribution in [0.3, 0.4) is 0 Å². The maximum atomic E-state index is 13.0. The molecular weight excluding hydrogens is 337 g/mol. The summed E-state index contributed by atoms with van der Waals surface area (Å²) in [5, 5.41) is 3.86. The van der Waals surface area contributed by atoms with Gasteiger partial charge in [-0.05, 0) is 42.4 Å². The van der Waals surface area contributed by atoms with E-state index < -0.39 is 15.8 Å². The summed E-state index contributed by atoms with van der Waals surface area (Å²) in [5.74, 6) is 0.0448. The number of thiocarbonyl (C=S) groups is 1. The third-order valence-corrected chi connectivity index (χ3v) is 5.95. The molecule has 0 unspecified atom stereocenters. The van der Waals surface area contributed by atoms with Crippen LogP contribution in [0.5, 0.6) is 0 Å². The summed E-state index contributed by atoms with van der Waals surface area (Å²) in [6, 6.07) is 4.92. The minimum absolute atomic E-state index is 0.118. The van der Waals surface area contributed by atoms with Crippen molar-refractivity contribution in [1.29, 1.82) is 0 Å². The smallest absolute Gasteiger partial charge is 0.243 e. The number of nitrogens with one attached hydrogen (secondary N) is 1. The normalized spacial score (nSPS) is 16.6. The maximum absolute atomic E-state index is 13.0. The van der Waals surface area contributed by atoms with Gasteiger partial charge in [-0.25, -0.2) is 12.8 Å². The number of halogens is 1. The van der Waals surface area contributed by atoms with E-state index in [-0.39, 0.29) is 4.90 Å². The van der Waals surface area contributed by atoms with E-state index in [1.807, 2.05) is 4.90 Å². The van der Waals surface area contributed by atoms with Crippen LogP contribution in [0.25, 0.3) is 0 Å². The molecule has 0 amide bonds. The van der Waals surface area contributed by atoms with Gasteiger partial charge in [0, 0.05) is 32.7 Å². The van der Waals surface area contributed by atoms with Crippen LogP contribution >= 0.6 is 12.2 Å². The van der Waals surface area contributed by atoms with E-state index >= 15 is 0 Å². The molecule has 0 bridgehead atoms. The molecule has 8 heteroatoms. The molecule has 1 N–H and O–H groups in total. The summed E-state index contributed by atoms with van der Waals surface area (Å²) in [4.78, 5) is 2.10. The number of hydrogen-bond acceptors (Lipinski definition) is 3. The SMILES string of the molecule is CC(C)CNC(=S)N1CCN(S(=O)(=O)c2ccc(F)cc2)CC1. The predicted octanol–water partition coefficient (Wildman–Crippen LogP) is 1.66. The molecule has 0 atom stereocenters. The van der Waals surface area contributed by atoms with E-state index in [4.69, 9.17) is 12.2 Å². The summed E-state index contributed by atoms with van der Waals surface area (Å²) in [6.07, 6.45) is 0. The molecule has 128 valence electrons. The first-order valence-electron chi connectivity index (χ1n) is 7.59. The van der Waals surface area contributed by atoms with Gasteiger partial charge in [0.05, 0.1) is 4.90 Å².